The number of fused-ring (bicyclic) bond motifs is 2. The van der Waals surface area contributed by atoms with Crippen molar-refractivity contribution in [3.8, 4) is 22.3 Å². The summed E-state index contributed by atoms with van der Waals surface area (Å²) in [5, 5.41) is 7.81. The summed E-state index contributed by atoms with van der Waals surface area (Å²) >= 11 is 0. The Hall–Kier alpha value is -4.44. The van der Waals surface area contributed by atoms with Crippen LogP contribution in [0.5, 0.6) is 0 Å². The molecule has 0 heterocycles. The van der Waals surface area contributed by atoms with Crippen molar-refractivity contribution in [3.05, 3.63) is 120 Å². The van der Waals surface area contributed by atoms with Gasteiger partial charge < -0.3 is 0 Å². The van der Waals surface area contributed by atoms with Gasteiger partial charge in [0.15, 0.2) is 0 Å². The molecule has 0 amide bonds. The Morgan fingerprint density at radius 1 is 0.333 bits per heavy atom. The third-order valence-electron chi connectivity index (χ3n) is 7.01. The van der Waals surface area contributed by atoms with Crippen LogP contribution in [-0.4, -0.2) is 0 Å². The zero-order valence-electron chi connectivity index (χ0n) is 18.7. The van der Waals surface area contributed by atoms with Crippen molar-refractivity contribution >= 4 is 43.1 Å². The van der Waals surface area contributed by atoms with E-state index < -0.39 is 23.3 Å². The average molecular weight is 476 g/mol. The summed E-state index contributed by atoms with van der Waals surface area (Å²) < 4.78 is 56.2. The SMILES string of the molecule is Fc1cc(F)cc(-c2ccc3c4ccc(-c5cc(F)cc(F)c5)c5cccc(c6cccc2c63)c54)c1. The van der Waals surface area contributed by atoms with Crippen LogP contribution >= 0.6 is 0 Å². The molecule has 7 aromatic rings. The molecule has 0 radical (unpaired) electrons. The first kappa shape index (κ1) is 20.9. The normalized spacial score (nSPS) is 11.9. The maximum absolute atomic E-state index is 14.0. The maximum Gasteiger partial charge on any atom is 0.126 e. The van der Waals surface area contributed by atoms with Crippen LogP contribution in [0, 0.1) is 23.3 Å². The van der Waals surface area contributed by atoms with Crippen molar-refractivity contribution < 1.29 is 17.6 Å². The zero-order valence-corrected chi connectivity index (χ0v) is 18.7. The molecule has 0 aliphatic carbocycles. The van der Waals surface area contributed by atoms with Crippen molar-refractivity contribution in [2.75, 3.05) is 0 Å². The Morgan fingerprint density at radius 2 is 0.667 bits per heavy atom. The summed E-state index contributed by atoms with van der Waals surface area (Å²) in [6, 6.07) is 26.7. The summed E-state index contributed by atoms with van der Waals surface area (Å²) in [6.07, 6.45) is 0. The van der Waals surface area contributed by atoms with Gasteiger partial charge >= 0.3 is 0 Å². The Morgan fingerprint density at radius 3 is 1.06 bits per heavy atom. The molecule has 0 saturated carbocycles. The predicted octanol–water partition coefficient (Wildman–Crippen LogP) is 9.63. The molecule has 0 aliphatic rings. The van der Waals surface area contributed by atoms with E-state index >= 15 is 0 Å². The Kier molecular flexibility index (Phi) is 4.37. The van der Waals surface area contributed by atoms with Crippen LogP contribution in [0.3, 0.4) is 0 Å². The zero-order chi connectivity index (χ0) is 24.6. The van der Waals surface area contributed by atoms with Crippen molar-refractivity contribution in [1.29, 1.82) is 0 Å². The van der Waals surface area contributed by atoms with Gasteiger partial charge in [-0.2, -0.15) is 0 Å². The molecule has 0 nitrogen and oxygen atoms in total. The smallest absolute Gasteiger partial charge is 0.126 e. The van der Waals surface area contributed by atoms with Gasteiger partial charge in [-0.05, 0) is 89.6 Å². The molecule has 172 valence electrons. The van der Waals surface area contributed by atoms with E-state index in [4.69, 9.17) is 0 Å². The number of hydrogen-bond acceptors (Lipinski definition) is 0. The Balaban J connectivity index is 1.61. The molecule has 0 saturated heterocycles. The molecule has 7 aromatic carbocycles. The minimum Gasteiger partial charge on any atom is -0.207 e. The summed E-state index contributed by atoms with van der Waals surface area (Å²) in [6.45, 7) is 0. The Bertz CT molecular complexity index is 1780. The van der Waals surface area contributed by atoms with E-state index in [2.05, 4.69) is 0 Å². The van der Waals surface area contributed by atoms with Gasteiger partial charge in [0.05, 0.1) is 0 Å². The van der Waals surface area contributed by atoms with Gasteiger partial charge in [0.1, 0.15) is 23.3 Å². The fourth-order valence-corrected chi connectivity index (χ4v) is 5.63. The summed E-state index contributed by atoms with van der Waals surface area (Å²) in [7, 11) is 0. The summed E-state index contributed by atoms with van der Waals surface area (Å²) in [5.41, 5.74) is 2.44. The van der Waals surface area contributed by atoms with Gasteiger partial charge in [0.2, 0.25) is 0 Å². The van der Waals surface area contributed by atoms with Crippen LogP contribution in [-0.2, 0) is 0 Å². The van der Waals surface area contributed by atoms with Crippen LogP contribution in [0.15, 0.2) is 97.1 Å². The van der Waals surface area contributed by atoms with Crippen LogP contribution in [0.1, 0.15) is 0 Å². The molecule has 0 bridgehead atoms. The lowest BCUT2D eigenvalue weighted by molar-refractivity contribution is 0.583. The van der Waals surface area contributed by atoms with Gasteiger partial charge in [-0.3, -0.25) is 0 Å². The third kappa shape index (κ3) is 3.01. The first-order valence-corrected chi connectivity index (χ1v) is 11.5. The fraction of sp³-hybridized carbons (Fsp3) is 0. The number of halogens is 4. The Labute approximate surface area is 203 Å². The third-order valence-corrected chi connectivity index (χ3v) is 7.01. The van der Waals surface area contributed by atoms with E-state index in [9.17, 15) is 17.6 Å². The fourth-order valence-electron chi connectivity index (χ4n) is 5.63. The second-order valence-electron chi connectivity index (χ2n) is 9.09. The highest BCUT2D eigenvalue weighted by molar-refractivity contribution is 6.35. The molecular formula is C32H16F4. The molecule has 0 aromatic heterocycles. The number of benzene rings is 7. The van der Waals surface area contributed by atoms with Gasteiger partial charge in [0, 0.05) is 12.1 Å². The van der Waals surface area contributed by atoms with E-state index in [1.54, 1.807) is 0 Å². The summed E-state index contributed by atoms with van der Waals surface area (Å²) in [5.74, 6) is -2.49. The van der Waals surface area contributed by atoms with Crippen LogP contribution in [0.4, 0.5) is 17.6 Å². The van der Waals surface area contributed by atoms with E-state index in [1.807, 2.05) is 60.7 Å². The molecule has 7 rings (SSSR count). The van der Waals surface area contributed by atoms with Crippen LogP contribution in [0.2, 0.25) is 0 Å². The number of hydrogen-bond donors (Lipinski definition) is 0. The van der Waals surface area contributed by atoms with E-state index in [-0.39, 0.29) is 0 Å². The van der Waals surface area contributed by atoms with E-state index in [0.717, 1.165) is 66.3 Å². The first-order chi connectivity index (χ1) is 17.5. The minimum absolute atomic E-state index is 0.476. The minimum atomic E-state index is -0.623. The van der Waals surface area contributed by atoms with Gasteiger partial charge in [-0.15, -0.1) is 0 Å². The second-order valence-corrected chi connectivity index (χ2v) is 9.09. The van der Waals surface area contributed by atoms with E-state index in [0.29, 0.717) is 11.1 Å². The average Bonchev–Trinajstić information content (AvgIpc) is 2.85. The van der Waals surface area contributed by atoms with Crippen molar-refractivity contribution in [3.63, 3.8) is 0 Å². The van der Waals surface area contributed by atoms with E-state index in [1.165, 1.54) is 24.3 Å². The quantitative estimate of drug-likeness (QED) is 0.132. The lowest BCUT2D eigenvalue weighted by atomic mass is 9.85. The monoisotopic (exact) mass is 476 g/mol. The molecule has 0 aliphatic heterocycles. The van der Waals surface area contributed by atoms with Crippen molar-refractivity contribution in [2.24, 2.45) is 0 Å². The van der Waals surface area contributed by atoms with Crippen LogP contribution in [0.25, 0.3) is 65.3 Å². The highest BCUT2D eigenvalue weighted by Crippen LogP contribution is 2.45. The molecule has 36 heavy (non-hydrogen) atoms. The van der Waals surface area contributed by atoms with Gasteiger partial charge in [-0.25, -0.2) is 17.6 Å². The van der Waals surface area contributed by atoms with Crippen LogP contribution < -0.4 is 0 Å². The largest absolute Gasteiger partial charge is 0.207 e. The molecule has 0 spiro atoms. The molecule has 0 atom stereocenters. The van der Waals surface area contributed by atoms with Crippen molar-refractivity contribution in [2.45, 2.75) is 0 Å². The number of rotatable bonds is 2. The lowest BCUT2D eigenvalue weighted by Crippen LogP contribution is -1.92. The molecule has 0 fully saturated rings. The predicted molar refractivity (Wildman–Crippen MR) is 138 cm³/mol. The second kappa shape index (κ2) is 7.53. The molecule has 4 heteroatoms. The standard InChI is InChI=1S/C32H16F4/c33-19-11-17(12-20(34)15-19)23-7-9-29-30-10-8-24(18-13-21(35)16-22(36)14-18)26-4-2-6-28(32(26)30)27-5-1-3-25(23)31(27)29/h1-16H. The highest BCUT2D eigenvalue weighted by atomic mass is 19.1. The lowest BCUT2D eigenvalue weighted by Gasteiger charge is -2.18. The first-order valence-electron chi connectivity index (χ1n) is 11.5. The molecule has 0 unspecified atom stereocenters. The maximum atomic E-state index is 14.0. The van der Waals surface area contributed by atoms with Gasteiger partial charge in [0.25, 0.3) is 0 Å². The molecule has 0 N–H and O–H groups in total. The topological polar surface area (TPSA) is 0 Å². The van der Waals surface area contributed by atoms with Crippen molar-refractivity contribution in [1.82, 2.24) is 0 Å². The van der Waals surface area contributed by atoms with Gasteiger partial charge in [-0.1, -0.05) is 60.7 Å². The molecular weight excluding hydrogens is 460 g/mol. The summed E-state index contributed by atoms with van der Waals surface area (Å²) in [4.78, 5) is 0. The highest BCUT2D eigenvalue weighted by Gasteiger charge is 2.18.